The number of rotatable bonds is 13. The predicted molar refractivity (Wildman–Crippen MR) is 132 cm³/mol. The van der Waals surface area contributed by atoms with E-state index in [0.29, 0.717) is 18.4 Å². The normalized spacial score (nSPS) is 15.2. The fourth-order valence-electron chi connectivity index (χ4n) is 3.22. The molecule has 5 atom stereocenters. The average molecular weight is 510 g/mol. The fraction of sp³-hybridized carbons (Fsp3) is 0.615. The van der Waals surface area contributed by atoms with E-state index in [1.807, 2.05) is 13.8 Å². The summed E-state index contributed by atoms with van der Waals surface area (Å²) in [6.45, 7) is 12.0. The van der Waals surface area contributed by atoms with E-state index in [1.165, 1.54) is 12.1 Å². The van der Waals surface area contributed by atoms with Crippen molar-refractivity contribution >= 4 is 24.1 Å². The minimum atomic E-state index is -1.36. The van der Waals surface area contributed by atoms with Gasteiger partial charge in [0.2, 0.25) is 0 Å². The van der Waals surface area contributed by atoms with E-state index >= 15 is 0 Å². The number of carbonyl (C=O) groups excluding carboxylic acids is 3. The third-order valence-electron chi connectivity index (χ3n) is 5.88. The molecule has 0 bridgehead atoms. The SMILES string of the molecule is CCC(C)C(=O)Oc1ccc(C(C(C)COC(=O)OC(C)C)[C@H](N)C(=O)O)cc1OC(=O)C(C)CC. The molecule has 4 unspecified atom stereocenters. The van der Waals surface area contributed by atoms with Crippen molar-refractivity contribution in [3.63, 3.8) is 0 Å². The first-order valence-corrected chi connectivity index (χ1v) is 12.2. The second-order valence-corrected chi connectivity index (χ2v) is 9.26. The number of carboxylic acids is 1. The van der Waals surface area contributed by atoms with Gasteiger partial charge in [0.15, 0.2) is 11.5 Å². The number of carbonyl (C=O) groups is 4. The van der Waals surface area contributed by atoms with Crippen LogP contribution in [0.25, 0.3) is 0 Å². The van der Waals surface area contributed by atoms with E-state index in [4.69, 9.17) is 24.7 Å². The zero-order chi connectivity index (χ0) is 27.6. The summed E-state index contributed by atoms with van der Waals surface area (Å²) in [4.78, 5) is 48.6. The van der Waals surface area contributed by atoms with Gasteiger partial charge in [-0.3, -0.25) is 14.4 Å². The maximum atomic E-state index is 12.5. The summed E-state index contributed by atoms with van der Waals surface area (Å²) >= 11 is 0. The van der Waals surface area contributed by atoms with Crippen LogP contribution in [0.2, 0.25) is 0 Å². The van der Waals surface area contributed by atoms with Crippen molar-refractivity contribution < 1.29 is 43.2 Å². The van der Waals surface area contributed by atoms with Crippen molar-refractivity contribution in [3.05, 3.63) is 23.8 Å². The van der Waals surface area contributed by atoms with Crippen LogP contribution < -0.4 is 15.2 Å². The lowest BCUT2D eigenvalue weighted by Crippen LogP contribution is -2.40. The highest BCUT2D eigenvalue weighted by atomic mass is 16.7. The second kappa shape index (κ2) is 14.4. The van der Waals surface area contributed by atoms with Crippen LogP contribution in [0, 0.1) is 17.8 Å². The molecule has 10 nitrogen and oxygen atoms in total. The molecule has 0 amide bonds. The highest BCUT2D eigenvalue weighted by molar-refractivity contribution is 5.79. The minimum Gasteiger partial charge on any atom is -0.480 e. The van der Waals surface area contributed by atoms with Crippen molar-refractivity contribution in [2.45, 2.75) is 79.4 Å². The number of hydrogen-bond donors (Lipinski definition) is 2. The number of benzene rings is 1. The maximum absolute atomic E-state index is 12.5. The van der Waals surface area contributed by atoms with Crippen molar-refractivity contribution in [3.8, 4) is 11.5 Å². The lowest BCUT2D eigenvalue weighted by Gasteiger charge is -2.28. The Kier molecular flexibility index (Phi) is 12.4. The van der Waals surface area contributed by atoms with Gasteiger partial charge in [-0.2, -0.15) is 0 Å². The summed E-state index contributed by atoms with van der Waals surface area (Å²) in [5.74, 6) is -4.45. The van der Waals surface area contributed by atoms with Gasteiger partial charge in [0.1, 0.15) is 6.04 Å². The summed E-state index contributed by atoms with van der Waals surface area (Å²) in [5, 5.41) is 9.63. The van der Waals surface area contributed by atoms with Gasteiger partial charge in [-0.25, -0.2) is 4.79 Å². The monoisotopic (exact) mass is 509 g/mol. The molecule has 0 radical (unpaired) electrons. The molecule has 0 saturated carbocycles. The fourth-order valence-corrected chi connectivity index (χ4v) is 3.22. The van der Waals surface area contributed by atoms with Crippen LogP contribution >= 0.6 is 0 Å². The topological polar surface area (TPSA) is 151 Å². The molecule has 1 aromatic carbocycles. The molecule has 0 aromatic heterocycles. The second-order valence-electron chi connectivity index (χ2n) is 9.26. The molecule has 202 valence electrons. The van der Waals surface area contributed by atoms with Crippen LogP contribution in [0.1, 0.15) is 72.8 Å². The molecular formula is C26H39NO9. The van der Waals surface area contributed by atoms with Crippen LogP contribution in [0.5, 0.6) is 11.5 Å². The Bertz CT molecular complexity index is 915. The highest BCUT2D eigenvalue weighted by Crippen LogP contribution is 2.36. The van der Waals surface area contributed by atoms with E-state index in [0.717, 1.165) is 0 Å². The first-order valence-electron chi connectivity index (χ1n) is 12.2. The smallest absolute Gasteiger partial charge is 0.480 e. The lowest BCUT2D eigenvalue weighted by molar-refractivity contribution is -0.141. The Hall–Kier alpha value is -3.14. The van der Waals surface area contributed by atoms with E-state index in [9.17, 15) is 24.3 Å². The molecule has 0 aliphatic heterocycles. The third kappa shape index (κ3) is 9.14. The summed E-state index contributed by atoms with van der Waals surface area (Å²) in [6.07, 6.45) is -0.160. The number of hydrogen-bond acceptors (Lipinski definition) is 9. The molecule has 0 fully saturated rings. The van der Waals surface area contributed by atoms with Crippen molar-refractivity contribution in [2.24, 2.45) is 23.5 Å². The van der Waals surface area contributed by atoms with E-state index in [1.54, 1.807) is 40.7 Å². The molecule has 36 heavy (non-hydrogen) atoms. The van der Waals surface area contributed by atoms with Crippen LogP contribution in [0.3, 0.4) is 0 Å². The van der Waals surface area contributed by atoms with Gasteiger partial charge in [-0.05, 0) is 50.3 Å². The standard InChI is InChI=1S/C26H39NO9/c1-8-15(5)24(30)35-19-11-10-18(12-20(19)36-25(31)16(6)9-2)21(22(27)23(28)29)17(7)13-33-26(32)34-14(3)4/h10-12,14-17,21-22H,8-9,13,27H2,1-7H3,(H,28,29)/t15?,16?,17?,21?,22-/m0/s1. The molecule has 0 spiro atoms. The van der Waals surface area contributed by atoms with Gasteiger partial charge in [-0.1, -0.05) is 40.7 Å². The molecule has 0 aliphatic carbocycles. The first-order chi connectivity index (χ1) is 16.8. The molecular weight excluding hydrogens is 470 g/mol. The van der Waals surface area contributed by atoms with Gasteiger partial charge >= 0.3 is 24.1 Å². The van der Waals surface area contributed by atoms with E-state index < -0.39 is 47.9 Å². The maximum Gasteiger partial charge on any atom is 0.508 e. The number of aliphatic carboxylic acids is 1. The zero-order valence-electron chi connectivity index (χ0n) is 22.1. The largest absolute Gasteiger partial charge is 0.508 e. The third-order valence-corrected chi connectivity index (χ3v) is 5.88. The molecule has 10 heteroatoms. The van der Waals surface area contributed by atoms with Gasteiger partial charge in [0.25, 0.3) is 0 Å². The summed E-state index contributed by atoms with van der Waals surface area (Å²) in [5.41, 5.74) is 6.42. The Morgan fingerprint density at radius 3 is 1.89 bits per heavy atom. The predicted octanol–water partition coefficient (Wildman–Crippen LogP) is 4.28. The Labute approximate surface area is 212 Å². The van der Waals surface area contributed by atoms with Crippen LogP contribution in [-0.4, -0.2) is 47.9 Å². The Morgan fingerprint density at radius 1 is 0.889 bits per heavy atom. The quantitative estimate of drug-likeness (QED) is 0.291. The van der Waals surface area contributed by atoms with Crippen LogP contribution in [0.4, 0.5) is 4.79 Å². The van der Waals surface area contributed by atoms with E-state index in [2.05, 4.69) is 0 Å². The zero-order valence-corrected chi connectivity index (χ0v) is 22.1. The Morgan fingerprint density at radius 2 is 1.42 bits per heavy atom. The number of esters is 2. The summed E-state index contributed by atoms with van der Waals surface area (Å²) < 4.78 is 21.1. The van der Waals surface area contributed by atoms with Crippen LogP contribution in [-0.2, 0) is 23.9 Å². The van der Waals surface area contributed by atoms with Gasteiger partial charge in [-0.15, -0.1) is 0 Å². The average Bonchev–Trinajstić information content (AvgIpc) is 2.82. The molecule has 0 heterocycles. The first kappa shape index (κ1) is 30.9. The summed E-state index contributed by atoms with van der Waals surface area (Å²) in [6, 6.07) is 3.07. The van der Waals surface area contributed by atoms with E-state index in [-0.39, 0.29) is 30.1 Å². The van der Waals surface area contributed by atoms with Crippen molar-refractivity contribution in [2.75, 3.05) is 6.61 Å². The van der Waals surface area contributed by atoms with Crippen molar-refractivity contribution in [1.82, 2.24) is 0 Å². The summed E-state index contributed by atoms with van der Waals surface area (Å²) in [7, 11) is 0. The number of nitrogens with two attached hydrogens (primary N) is 1. The molecule has 1 rings (SSSR count). The Balaban J connectivity index is 3.39. The number of ether oxygens (including phenoxy) is 4. The molecule has 0 aliphatic rings. The lowest BCUT2D eigenvalue weighted by atomic mass is 9.82. The van der Waals surface area contributed by atoms with Crippen molar-refractivity contribution in [1.29, 1.82) is 0 Å². The minimum absolute atomic E-state index is 0.0237. The van der Waals surface area contributed by atoms with Gasteiger partial charge in [0, 0.05) is 5.92 Å². The highest BCUT2D eigenvalue weighted by Gasteiger charge is 2.33. The van der Waals surface area contributed by atoms with Gasteiger partial charge in [0.05, 0.1) is 24.5 Å². The van der Waals surface area contributed by atoms with Gasteiger partial charge < -0.3 is 29.8 Å². The van der Waals surface area contributed by atoms with Crippen LogP contribution in [0.15, 0.2) is 18.2 Å². The molecule has 1 aromatic rings. The number of carboxylic acid groups (broad SMARTS) is 1. The molecule has 0 saturated heterocycles. The molecule has 3 N–H and O–H groups in total.